The molecule has 2 saturated heterocycles. The molecule has 116 valence electrons. The molecule has 0 radical (unpaired) electrons. The lowest BCUT2D eigenvalue weighted by atomic mass is 10.1. The van der Waals surface area contributed by atoms with Crippen LogP contribution in [0.1, 0.15) is 25.1 Å². The smallest absolute Gasteiger partial charge is 0.242 e. The zero-order valence-electron chi connectivity index (χ0n) is 11.8. The minimum Gasteiger partial charge on any atom is -0.378 e. The Morgan fingerprint density at radius 3 is 2.95 bits per heavy atom. The van der Waals surface area contributed by atoms with E-state index in [1.54, 1.807) is 0 Å². The Bertz CT molecular complexity index is 489. The van der Waals surface area contributed by atoms with Crippen LogP contribution in [0.2, 0.25) is 5.28 Å². The van der Waals surface area contributed by atoms with E-state index in [-0.39, 0.29) is 17.2 Å². The van der Waals surface area contributed by atoms with Crippen LogP contribution in [0, 0.1) is 0 Å². The van der Waals surface area contributed by atoms with Gasteiger partial charge in [0, 0.05) is 12.8 Å². The number of aryl methyl sites for hydroxylation is 1. The molecule has 2 atom stereocenters. The average Bonchev–Trinajstić information content (AvgIpc) is 3.16. The molecule has 3 heterocycles. The topological polar surface area (TPSA) is 83.1 Å². The molecule has 2 aliphatic heterocycles. The van der Waals surface area contributed by atoms with Gasteiger partial charge in [-0.15, -0.1) is 5.10 Å². The van der Waals surface area contributed by atoms with Gasteiger partial charge in [0.2, 0.25) is 11.2 Å². The molecule has 0 aromatic carbocycles. The van der Waals surface area contributed by atoms with Crippen LogP contribution in [0.15, 0.2) is 0 Å². The van der Waals surface area contributed by atoms with E-state index in [2.05, 4.69) is 25.4 Å². The highest BCUT2D eigenvalue weighted by atomic mass is 35.5. The van der Waals surface area contributed by atoms with Gasteiger partial charge in [-0.05, 0) is 37.5 Å². The summed E-state index contributed by atoms with van der Waals surface area (Å²) in [5, 5.41) is 9.70. The first-order chi connectivity index (χ1) is 10.2. The minimum absolute atomic E-state index is 0.0159. The maximum atomic E-state index is 12.1. The Kier molecular flexibility index (Phi) is 4.72. The molecule has 2 aliphatic rings. The summed E-state index contributed by atoms with van der Waals surface area (Å²) >= 11 is 5.63. The second-order valence-corrected chi connectivity index (χ2v) is 5.91. The third kappa shape index (κ3) is 3.72. The van der Waals surface area contributed by atoms with Crippen molar-refractivity contribution in [2.45, 2.75) is 37.8 Å². The van der Waals surface area contributed by atoms with Crippen molar-refractivity contribution in [3.05, 3.63) is 11.1 Å². The van der Waals surface area contributed by atoms with Gasteiger partial charge in [-0.3, -0.25) is 14.8 Å². The minimum atomic E-state index is 0.0159. The molecule has 1 aromatic heterocycles. The Morgan fingerprint density at radius 2 is 2.24 bits per heavy atom. The molecule has 0 unspecified atom stereocenters. The summed E-state index contributed by atoms with van der Waals surface area (Å²) in [6.45, 7) is 3.53. The quantitative estimate of drug-likeness (QED) is 0.820. The van der Waals surface area contributed by atoms with Crippen molar-refractivity contribution in [3.63, 3.8) is 0 Å². The second kappa shape index (κ2) is 6.72. The van der Waals surface area contributed by atoms with E-state index in [0.29, 0.717) is 37.9 Å². The summed E-state index contributed by atoms with van der Waals surface area (Å²) in [5.74, 6) is 0.649. The van der Waals surface area contributed by atoms with E-state index in [4.69, 9.17) is 16.3 Å². The number of hydrogen-bond acceptors (Lipinski definition) is 5. The summed E-state index contributed by atoms with van der Waals surface area (Å²) in [7, 11) is 0. The van der Waals surface area contributed by atoms with Crippen LogP contribution in [0.5, 0.6) is 0 Å². The first-order valence-corrected chi connectivity index (χ1v) is 7.78. The Morgan fingerprint density at radius 1 is 1.43 bits per heavy atom. The SMILES string of the molecule is O=C(CCc1nc(Cl)n[nH]1)N[C@@H]1COC[C@H]1N1CCCC1. The van der Waals surface area contributed by atoms with Crippen LogP contribution in [0.4, 0.5) is 0 Å². The third-order valence-corrected chi connectivity index (χ3v) is 4.27. The fourth-order valence-electron chi connectivity index (χ4n) is 3.01. The number of ether oxygens (including phenoxy) is 1. The number of nitrogens with one attached hydrogen (secondary N) is 2. The van der Waals surface area contributed by atoms with Crippen LogP contribution in [0.25, 0.3) is 0 Å². The lowest BCUT2D eigenvalue weighted by Gasteiger charge is -2.27. The number of hydrogen-bond donors (Lipinski definition) is 2. The zero-order chi connectivity index (χ0) is 14.7. The first kappa shape index (κ1) is 14.7. The van der Waals surface area contributed by atoms with Gasteiger partial charge in [0.1, 0.15) is 5.82 Å². The Balaban J connectivity index is 1.47. The molecule has 0 bridgehead atoms. The molecule has 0 saturated carbocycles. The largest absolute Gasteiger partial charge is 0.378 e. The van der Waals surface area contributed by atoms with E-state index in [9.17, 15) is 4.79 Å². The van der Waals surface area contributed by atoms with E-state index < -0.39 is 0 Å². The van der Waals surface area contributed by atoms with E-state index in [1.165, 1.54) is 12.8 Å². The second-order valence-electron chi connectivity index (χ2n) is 5.57. The number of aromatic amines is 1. The predicted molar refractivity (Wildman–Crippen MR) is 77.1 cm³/mol. The molecule has 1 aromatic rings. The molecule has 7 nitrogen and oxygen atoms in total. The van der Waals surface area contributed by atoms with Crippen molar-refractivity contribution in [1.29, 1.82) is 0 Å². The lowest BCUT2D eigenvalue weighted by molar-refractivity contribution is -0.122. The zero-order valence-corrected chi connectivity index (χ0v) is 12.6. The summed E-state index contributed by atoms with van der Waals surface area (Å²) in [5.41, 5.74) is 0. The van der Waals surface area contributed by atoms with Gasteiger partial charge in [0.05, 0.1) is 25.3 Å². The molecular formula is C13H20ClN5O2. The van der Waals surface area contributed by atoms with Crippen LogP contribution < -0.4 is 5.32 Å². The number of aromatic nitrogens is 3. The molecule has 0 aliphatic carbocycles. The normalized spacial score (nSPS) is 26.3. The number of halogens is 1. The Hall–Kier alpha value is -1.18. The van der Waals surface area contributed by atoms with E-state index >= 15 is 0 Å². The molecule has 3 rings (SSSR count). The summed E-state index contributed by atoms with van der Waals surface area (Å²) < 4.78 is 5.55. The molecule has 0 spiro atoms. The first-order valence-electron chi connectivity index (χ1n) is 7.40. The van der Waals surface area contributed by atoms with E-state index in [1.807, 2.05) is 0 Å². The van der Waals surface area contributed by atoms with Gasteiger partial charge < -0.3 is 10.1 Å². The molecular weight excluding hydrogens is 294 g/mol. The monoisotopic (exact) mass is 313 g/mol. The van der Waals surface area contributed by atoms with Crippen LogP contribution in [0.3, 0.4) is 0 Å². The van der Waals surface area contributed by atoms with Crippen LogP contribution in [-0.2, 0) is 16.0 Å². The molecule has 1 amide bonds. The van der Waals surface area contributed by atoms with Crippen molar-refractivity contribution in [2.24, 2.45) is 0 Å². The molecule has 21 heavy (non-hydrogen) atoms. The number of H-pyrrole nitrogens is 1. The predicted octanol–water partition coefficient (Wildman–Crippen LogP) is 0.370. The maximum Gasteiger partial charge on any atom is 0.242 e. The van der Waals surface area contributed by atoms with Crippen molar-refractivity contribution < 1.29 is 9.53 Å². The van der Waals surface area contributed by atoms with Crippen molar-refractivity contribution >= 4 is 17.5 Å². The van der Waals surface area contributed by atoms with Crippen molar-refractivity contribution in [3.8, 4) is 0 Å². The summed E-state index contributed by atoms with van der Waals surface area (Å²) in [6, 6.07) is 0.407. The number of rotatable bonds is 5. The molecule has 8 heteroatoms. The third-order valence-electron chi connectivity index (χ3n) is 4.10. The van der Waals surface area contributed by atoms with Crippen LogP contribution in [-0.4, -0.2) is 64.4 Å². The molecule has 2 fully saturated rings. The lowest BCUT2D eigenvalue weighted by Crippen LogP contribution is -2.50. The number of likely N-dealkylation sites (tertiary alicyclic amines) is 1. The highest BCUT2D eigenvalue weighted by Crippen LogP contribution is 2.19. The van der Waals surface area contributed by atoms with Gasteiger partial charge in [0.25, 0.3) is 0 Å². The number of carbonyl (C=O) groups excluding carboxylic acids is 1. The fraction of sp³-hybridized carbons (Fsp3) is 0.769. The van der Waals surface area contributed by atoms with E-state index in [0.717, 1.165) is 13.1 Å². The average molecular weight is 314 g/mol. The van der Waals surface area contributed by atoms with Gasteiger partial charge in [-0.1, -0.05) is 0 Å². The maximum absolute atomic E-state index is 12.1. The van der Waals surface area contributed by atoms with Gasteiger partial charge in [0.15, 0.2) is 0 Å². The van der Waals surface area contributed by atoms with Crippen molar-refractivity contribution in [2.75, 3.05) is 26.3 Å². The highest BCUT2D eigenvalue weighted by molar-refractivity contribution is 6.28. The van der Waals surface area contributed by atoms with Gasteiger partial charge in [-0.25, -0.2) is 4.98 Å². The van der Waals surface area contributed by atoms with Crippen molar-refractivity contribution in [1.82, 2.24) is 25.4 Å². The summed E-state index contributed by atoms with van der Waals surface area (Å²) in [6.07, 6.45) is 3.36. The fourth-order valence-corrected chi connectivity index (χ4v) is 3.15. The highest BCUT2D eigenvalue weighted by Gasteiger charge is 2.35. The van der Waals surface area contributed by atoms with Crippen LogP contribution >= 0.6 is 11.6 Å². The Labute approximate surface area is 128 Å². The summed E-state index contributed by atoms with van der Waals surface area (Å²) in [4.78, 5) is 18.5. The number of nitrogens with zero attached hydrogens (tertiary/aromatic N) is 3. The van der Waals surface area contributed by atoms with Gasteiger partial charge >= 0.3 is 0 Å². The number of carbonyl (C=O) groups is 1. The van der Waals surface area contributed by atoms with Gasteiger partial charge in [-0.2, -0.15) is 0 Å². The number of amides is 1. The standard InChI is InChI=1S/C13H20ClN5O2/c14-13-16-11(17-18-13)3-4-12(20)15-9-7-21-8-10(9)19-5-1-2-6-19/h9-10H,1-8H2,(H,15,20)(H,16,17,18)/t9-,10-/m1/s1. The molecule has 2 N–H and O–H groups in total.